The van der Waals surface area contributed by atoms with Gasteiger partial charge in [-0.15, -0.1) is 0 Å². The van der Waals surface area contributed by atoms with E-state index in [1.54, 1.807) is 0 Å². The van der Waals surface area contributed by atoms with Gasteiger partial charge in [0.2, 0.25) is 5.75 Å². The quantitative estimate of drug-likeness (QED) is 0.551. The molecule has 3 N–H and O–H groups in total. The minimum atomic E-state index is -0.792. The van der Waals surface area contributed by atoms with Crippen LogP contribution in [0.3, 0.4) is 0 Å². The lowest BCUT2D eigenvalue weighted by atomic mass is 10.1. The SMILES string of the molecule is O=C(NCc1ccc(F)cc1)c1nc(-c2ccc(CN3CCCCC3)cc2)[nH]c(=O)c1O. The van der Waals surface area contributed by atoms with Gasteiger partial charge in [0.1, 0.15) is 11.6 Å². The zero-order valence-electron chi connectivity index (χ0n) is 17.6. The summed E-state index contributed by atoms with van der Waals surface area (Å²) >= 11 is 0. The highest BCUT2D eigenvalue weighted by Gasteiger charge is 2.18. The Kier molecular flexibility index (Phi) is 6.61. The summed E-state index contributed by atoms with van der Waals surface area (Å²) in [6.07, 6.45) is 3.74. The van der Waals surface area contributed by atoms with Gasteiger partial charge in [-0.05, 0) is 49.2 Å². The molecule has 1 aromatic heterocycles. The molecule has 0 spiro atoms. The molecule has 166 valence electrons. The number of likely N-dealkylation sites (tertiary alicyclic amines) is 1. The largest absolute Gasteiger partial charge is 0.501 e. The number of rotatable bonds is 6. The molecule has 1 aliphatic rings. The number of aromatic hydroxyl groups is 1. The van der Waals surface area contributed by atoms with Crippen molar-refractivity contribution in [1.29, 1.82) is 0 Å². The van der Waals surface area contributed by atoms with Gasteiger partial charge in [0.15, 0.2) is 5.69 Å². The predicted octanol–water partition coefficient (Wildman–Crippen LogP) is 3.20. The van der Waals surface area contributed by atoms with E-state index in [1.807, 2.05) is 24.3 Å². The van der Waals surface area contributed by atoms with Crippen LogP contribution in [0.2, 0.25) is 0 Å². The Labute approximate surface area is 184 Å². The lowest BCUT2D eigenvalue weighted by molar-refractivity contribution is 0.0942. The average Bonchev–Trinajstić information content (AvgIpc) is 2.81. The second kappa shape index (κ2) is 9.74. The van der Waals surface area contributed by atoms with E-state index in [4.69, 9.17) is 0 Å². The lowest BCUT2D eigenvalue weighted by Gasteiger charge is -2.26. The van der Waals surface area contributed by atoms with Crippen LogP contribution in [0.1, 0.15) is 40.9 Å². The molecule has 2 aromatic carbocycles. The maximum absolute atomic E-state index is 13.0. The molecule has 1 fully saturated rings. The van der Waals surface area contributed by atoms with Gasteiger partial charge in [0.05, 0.1) is 0 Å². The predicted molar refractivity (Wildman–Crippen MR) is 119 cm³/mol. The van der Waals surface area contributed by atoms with Crippen molar-refractivity contribution in [2.24, 2.45) is 0 Å². The number of hydrogen-bond acceptors (Lipinski definition) is 5. The summed E-state index contributed by atoms with van der Waals surface area (Å²) in [6, 6.07) is 13.3. The number of amides is 1. The Bertz CT molecular complexity index is 1140. The third kappa shape index (κ3) is 5.20. The van der Waals surface area contributed by atoms with E-state index in [9.17, 15) is 19.1 Å². The summed E-state index contributed by atoms with van der Waals surface area (Å²) in [5.41, 5.74) is 1.32. The first-order chi connectivity index (χ1) is 15.5. The first-order valence-electron chi connectivity index (χ1n) is 10.7. The fraction of sp³-hybridized carbons (Fsp3) is 0.292. The highest BCUT2D eigenvalue weighted by molar-refractivity contribution is 5.95. The van der Waals surface area contributed by atoms with E-state index < -0.39 is 17.2 Å². The number of aromatic amines is 1. The smallest absolute Gasteiger partial charge is 0.294 e. The molecule has 1 aliphatic heterocycles. The highest BCUT2D eigenvalue weighted by Crippen LogP contribution is 2.20. The molecule has 0 bridgehead atoms. The average molecular weight is 436 g/mol. The van der Waals surface area contributed by atoms with Crippen LogP contribution in [-0.4, -0.2) is 39.0 Å². The van der Waals surface area contributed by atoms with E-state index in [0.717, 1.165) is 25.2 Å². The summed E-state index contributed by atoms with van der Waals surface area (Å²) < 4.78 is 13.0. The molecule has 0 saturated carbocycles. The summed E-state index contributed by atoms with van der Waals surface area (Å²) in [6.45, 7) is 3.18. The maximum atomic E-state index is 13.0. The van der Waals surface area contributed by atoms with Crippen LogP contribution in [0.25, 0.3) is 11.4 Å². The molecule has 0 aliphatic carbocycles. The molecule has 7 nitrogen and oxygen atoms in total. The summed E-state index contributed by atoms with van der Waals surface area (Å²) in [5, 5.41) is 12.7. The second-order valence-electron chi connectivity index (χ2n) is 7.95. The summed E-state index contributed by atoms with van der Waals surface area (Å²) in [7, 11) is 0. The normalized spacial score (nSPS) is 14.3. The Morgan fingerprint density at radius 3 is 2.38 bits per heavy atom. The minimum Gasteiger partial charge on any atom is -0.501 e. The van der Waals surface area contributed by atoms with Crippen molar-refractivity contribution in [1.82, 2.24) is 20.2 Å². The van der Waals surface area contributed by atoms with Gasteiger partial charge in [-0.2, -0.15) is 0 Å². The number of carbonyl (C=O) groups is 1. The Morgan fingerprint density at radius 2 is 1.69 bits per heavy atom. The van der Waals surface area contributed by atoms with E-state index >= 15 is 0 Å². The van der Waals surface area contributed by atoms with Gasteiger partial charge in [0.25, 0.3) is 11.5 Å². The zero-order chi connectivity index (χ0) is 22.5. The molecule has 0 atom stereocenters. The van der Waals surface area contributed by atoms with Gasteiger partial charge in [-0.3, -0.25) is 14.5 Å². The Balaban J connectivity index is 1.49. The first-order valence-corrected chi connectivity index (χ1v) is 10.7. The third-order valence-corrected chi connectivity index (χ3v) is 5.56. The fourth-order valence-electron chi connectivity index (χ4n) is 3.77. The second-order valence-corrected chi connectivity index (χ2v) is 7.95. The van der Waals surface area contributed by atoms with Crippen LogP contribution in [-0.2, 0) is 13.1 Å². The van der Waals surface area contributed by atoms with Gasteiger partial charge in [-0.1, -0.05) is 42.8 Å². The number of H-pyrrole nitrogens is 1. The number of piperidine rings is 1. The number of nitrogens with one attached hydrogen (secondary N) is 2. The minimum absolute atomic E-state index is 0.105. The van der Waals surface area contributed by atoms with Crippen LogP contribution in [0.4, 0.5) is 4.39 Å². The molecule has 8 heteroatoms. The van der Waals surface area contributed by atoms with E-state index in [2.05, 4.69) is 20.2 Å². The van der Waals surface area contributed by atoms with Gasteiger partial charge >= 0.3 is 0 Å². The molecule has 32 heavy (non-hydrogen) atoms. The maximum Gasteiger partial charge on any atom is 0.294 e. The van der Waals surface area contributed by atoms with Crippen LogP contribution >= 0.6 is 0 Å². The molecule has 1 amide bonds. The van der Waals surface area contributed by atoms with E-state index in [0.29, 0.717) is 11.1 Å². The molecular weight excluding hydrogens is 411 g/mol. The number of hydrogen-bond donors (Lipinski definition) is 3. The van der Waals surface area contributed by atoms with Gasteiger partial charge < -0.3 is 15.4 Å². The number of nitrogens with zero attached hydrogens (tertiary/aromatic N) is 2. The number of carbonyl (C=O) groups excluding carboxylic acids is 1. The van der Waals surface area contributed by atoms with Crippen LogP contribution in [0, 0.1) is 5.82 Å². The zero-order valence-corrected chi connectivity index (χ0v) is 17.6. The van der Waals surface area contributed by atoms with Crippen molar-refractivity contribution in [3.8, 4) is 17.1 Å². The fourth-order valence-corrected chi connectivity index (χ4v) is 3.77. The van der Waals surface area contributed by atoms with Crippen molar-refractivity contribution >= 4 is 5.91 Å². The van der Waals surface area contributed by atoms with Crippen LogP contribution in [0.15, 0.2) is 53.3 Å². The van der Waals surface area contributed by atoms with Crippen LogP contribution < -0.4 is 10.9 Å². The van der Waals surface area contributed by atoms with Crippen molar-refractivity contribution in [2.45, 2.75) is 32.4 Å². The number of aromatic nitrogens is 2. The number of benzene rings is 2. The molecule has 0 unspecified atom stereocenters. The summed E-state index contributed by atoms with van der Waals surface area (Å²) in [5.74, 6) is -1.61. The molecule has 3 aromatic rings. The number of halogens is 1. The van der Waals surface area contributed by atoms with Gasteiger partial charge in [-0.25, -0.2) is 9.37 Å². The lowest BCUT2D eigenvalue weighted by Crippen LogP contribution is -2.29. The van der Waals surface area contributed by atoms with Crippen LogP contribution in [0.5, 0.6) is 5.75 Å². The van der Waals surface area contributed by atoms with Crippen molar-refractivity contribution in [3.63, 3.8) is 0 Å². The Morgan fingerprint density at radius 1 is 1.03 bits per heavy atom. The van der Waals surface area contributed by atoms with E-state index in [1.165, 1.54) is 43.5 Å². The van der Waals surface area contributed by atoms with E-state index in [-0.39, 0.29) is 23.9 Å². The molecule has 4 rings (SSSR count). The van der Waals surface area contributed by atoms with Crippen molar-refractivity contribution in [3.05, 3.63) is 81.5 Å². The Hall–Kier alpha value is -3.52. The monoisotopic (exact) mass is 436 g/mol. The van der Waals surface area contributed by atoms with Gasteiger partial charge in [0, 0.05) is 18.7 Å². The highest BCUT2D eigenvalue weighted by atomic mass is 19.1. The molecular formula is C24H25FN4O3. The summed E-state index contributed by atoms with van der Waals surface area (Å²) in [4.78, 5) is 33.9. The third-order valence-electron chi connectivity index (χ3n) is 5.56. The standard InChI is InChI=1S/C24H25FN4O3/c25-19-10-6-16(7-11-19)14-26-23(31)20-21(30)24(32)28-22(27-20)18-8-4-17(5-9-18)15-29-12-2-1-3-13-29/h4-11,30H,1-3,12-15H2,(H,26,31)(H,27,28,32). The molecule has 2 heterocycles. The molecule has 1 saturated heterocycles. The molecule has 0 radical (unpaired) electrons. The van der Waals surface area contributed by atoms with Crippen molar-refractivity contribution < 1.29 is 14.3 Å². The first kappa shape index (κ1) is 21.7. The van der Waals surface area contributed by atoms with Crippen molar-refractivity contribution in [2.75, 3.05) is 13.1 Å². The topological polar surface area (TPSA) is 98.3 Å².